The number of anilines is 1. The van der Waals surface area contributed by atoms with Crippen molar-refractivity contribution in [2.75, 3.05) is 5.32 Å². The van der Waals surface area contributed by atoms with Crippen molar-refractivity contribution in [1.82, 2.24) is 20.1 Å². The van der Waals surface area contributed by atoms with Crippen LogP contribution in [-0.4, -0.2) is 26.9 Å². The Bertz CT molecular complexity index is 1020. The standard InChI is InChI=1S/C23H27N5O2/c1-16-13-17(2)28(27-16)20-9-5-8-19(14-20)26-23(29)25-15-18-7-6-12-24-22(18)30-21-10-3-4-11-21/h5-9,12-14,21H,3-4,10-11,15H2,1-2H3,(H2,25,26,29). The van der Waals surface area contributed by atoms with Crippen LogP contribution in [0.1, 0.15) is 42.6 Å². The van der Waals surface area contributed by atoms with Crippen molar-refractivity contribution in [3.05, 3.63) is 65.6 Å². The van der Waals surface area contributed by atoms with Crippen molar-refractivity contribution in [3.8, 4) is 11.6 Å². The Morgan fingerprint density at radius 3 is 2.77 bits per heavy atom. The molecule has 30 heavy (non-hydrogen) atoms. The molecule has 2 heterocycles. The van der Waals surface area contributed by atoms with Gasteiger partial charge in [-0.1, -0.05) is 12.1 Å². The van der Waals surface area contributed by atoms with Gasteiger partial charge in [-0.3, -0.25) is 0 Å². The monoisotopic (exact) mass is 405 g/mol. The summed E-state index contributed by atoms with van der Waals surface area (Å²) in [5.74, 6) is 0.608. The van der Waals surface area contributed by atoms with E-state index < -0.39 is 0 Å². The molecule has 1 aliphatic rings. The molecule has 2 amide bonds. The molecule has 0 saturated heterocycles. The number of nitrogens with zero attached hydrogens (tertiary/aromatic N) is 3. The van der Waals surface area contributed by atoms with E-state index in [1.807, 2.05) is 61.0 Å². The number of carbonyl (C=O) groups excluding carboxylic acids is 1. The molecular weight excluding hydrogens is 378 g/mol. The van der Waals surface area contributed by atoms with Crippen molar-refractivity contribution in [2.24, 2.45) is 0 Å². The summed E-state index contributed by atoms with van der Waals surface area (Å²) in [5.41, 5.74) is 4.47. The summed E-state index contributed by atoms with van der Waals surface area (Å²) in [6, 6.07) is 13.1. The maximum absolute atomic E-state index is 12.5. The summed E-state index contributed by atoms with van der Waals surface area (Å²) in [6.07, 6.45) is 6.47. The number of hydrogen-bond acceptors (Lipinski definition) is 4. The number of urea groups is 1. The highest BCUT2D eigenvalue weighted by atomic mass is 16.5. The second-order valence-electron chi connectivity index (χ2n) is 7.69. The second-order valence-corrected chi connectivity index (χ2v) is 7.69. The molecule has 0 aliphatic heterocycles. The van der Waals surface area contributed by atoms with Gasteiger partial charge in [-0.25, -0.2) is 14.5 Å². The first kappa shape index (κ1) is 19.9. The summed E-state index contributed by atoms with van der Waals surface area (Å²) < 4.78 is 7.90. The van der Waals surface area contributed by atoms with Crippen LogP contribution in [0.3, 0.4) is 0 Å². The van der Waals surface area contributed by atoms with Crippen LogP contribution in [0.5, 0.6) is 5.88 Å². The van der Waals surface area contributed by atoms with E-state index in [1.165, 1.54) is 12.8 Å². The van der Waals surface area contributed by atoms with Crippen LogP contribution in [0.15, 0.2) is 48.7 Å². The van der Waals surface area contributed by atoms with Gasteiger partial charge in [-0.15, -0.1) is 0 Å². The van der Waals surface area contributed by atoms with Crippen molar-refractivity contribution in [1.29, 1.82) is 0 Å². The fourth-order valence-corrected chi connectivity index (χ4v) is 3.79. The SMILES string of the molecule is Cc1cc(C)n(-c2cccc(NC(=O)NCc3cccnc3OC3CCCC3)c2)n1. The van der Waals surface area contributed by atoms with Gasteiger partial charge in [-0.2, -0.15) is 5.10 Å². The molecule has 1 aliphatic carbocycles. The van der Waals surface area contributed by atoms with E-state index in [9.17, 15) is 4.79 Å². The third kappa shape index (κ3) is 4.79. The Balaban J connectivity index is 1.38. The van der Waals surface area contributed by atoms with Crippen molar-refractivity contribution in [2.45, 2.75) is 52.2 Å². The Kier molecular flexibility index (Phi) is 5.97. The minimum atomic E-state index is -0.281. The molecule has 7 heteroatoms. The van der Waals surface area contributed by atoms with E-state index in [-0.39, 0.29) is 12.1 Å². The lowest BCUT2D eigenvalue weighted by atomic mass is 10.2. The van der Waals surface area contributed by atoms with Crippen molar-refractivity contribution < 1.29 is 9.53 Å². The average Bonchev–Trinajstić information content (AvgIpc) is 3.36. The van der Waals surface area contributed by atoms with E-state index in [0.717, 1.165) is 35.5 Å². The minimum absolute atomic E-state index is 0.226. The first-order chi connectivity index (χ1) is 14.6. The smallest absolute Gasteiger partial charge is 0.319 e. The van der Waals surface area contributed by atoms with Gasteiger partial charge >= 0.3 is 6.03 Å². The van der Waals surface area contributed by atoms with Crippen LogP contribution in [-0.2, 0) is 6.54 Å². The number of aromatic nitrogens is 3. The molecule has 0 bridgehead atoms. The summed E-state index contributed by atoms with van der Waals surface area (Å²) in [7, 11) is 0. The van der Waals surface area contributed by atoms with Crippen molar-refractivity contribution in [3.63, 3.8) is 0 Å². The number of rotatable bonds is 6. The molecule has 2 N–H and O–H groups in total. The number of ether oxygens (including phenoxy) is 1. The Morgan fingerprint density at radius 1 is 1.17 bits per heavy atom. The van der Waals surface area contributed by atoms with Crippen LogP contribution in [0.25, 0.3) is 5.69 Å². The molecule has 1 fully saturated rings. The highest BCUT2D eigenvalue weighted by molar-refractivity contribution is 5.89. The van der Waals surface area contributed by atoms with Crippen molar-refractivity contribution >= 4 is 11.7 Å². The summed E-state index contributed by atoms with van der Waals surface area (Å²) in [6.45, 7) is 4.31. The van der Waals surface area contributed by atoms with Crippen LogP contribution < -0.4 is 15.4 Å². The third-order valence-corrected chi connectivity index (χ3v) is 5.23. The van der Waals surface area contributed by atoms with Gasteiger partial charge in [0.2, 0.25) is 5.88 Å². The van der Waals surface area contributed by atoms with Gasteiger partial charge in [0.15, 0.2) is 0 Å². The number of amides is 2. The maximum Gasteiger partial charge on any atom is 0.319 e. The highest BCUT2D eigenvalue weighted by Crippen LogP contribution is 2.25. The number of hydrogen-bond donors (Lipinski definition) is 2. The Hall–Kier alpha value is -3.35. The zero-order valence-electron chi connectivity index (χ0n) is 17.4. The number of aryl methyl sites for hydroxylation is 2. The number of carbonyl (C=O) groups is 1. The molecule has 7 nitrogen and oxygen atoms in total. The molecule has 4 rings (SSSR count). The average molecular weight is 406 g/mol. The molecule has 0 unspecified atom stereocenters. The molecule has 1 saturated carbocycles. The van der Waals surface area contributed by atoms with Crippen LogP contribution >= 0.6 is 0 Å². The summed E-state index contributed by atoms with van der Waals surface area (Å²) in [4.78, 5) is 16.8. The molecule has 3 aromatic rings. The second kappa shape index (κ2) is 8.98. The molecule has 156 valence electrons. The molecule has 0 atom stereocenters. The Morgan fingerprint density at radius 2 is 2.00 bits per heavy atom. The van der Waals surface area contributed by atoms with Gasteiger partial charge in [-0.05, 0) is 69.9 Å². The largest absolute Gasteiger partial charge is 0.474 e. The Labute approximate surface area is 176 Å². The molecule has 0 spiro atoms. The molecule has 0 radical (unpaired) electrons. The number of pyridine rings is 1. The number of nitrogens with one attached hydrogen (secondary N) is 2. The van der Waals surface area contributed by atoms with E-state index >= 15 is 0 Å². The topological polar surface area (TPSA) is 81.1 Å². The zero-order valence-corrected chi connectivity index (χ0v) is 17.4. The lowest BCUT2D eigenvalue weighted by Crippen LogP contribution is -2.28. The fraction of sp³-hybridized carbons (Fsp3) is 0.348. The van der Waals surface area contributed by atoms with Gasteiger partial charge in [0.25, 0.3) is 0 Å². The minimum Gasteiger partial charge on any atom is -0.474 e. The molecular formula is C23H27N5O2. The normalized spacial score (nSPS) is 13.9. The fourth-order valence-electron chi connectivity index (χ4n) is 3.79. The third-order valence-electron chi connectivity index (χ3n) is 5.23. The number of benzene rings is 1. The zero-order chi connectivity index (χ0) is 20.9. The van der Waals surface area contributed by atoms with Crippen LogP contribution in [0, 0.1) is 13.8 Å². The van der Waals surface area contributed by atoms with E-state index in [2.05, 4.69) is 20.7 Å². The predicted octanol–water partition coefficient (Wildman–Crippen LogP) is 4.53. The lowest BCUT2D eigenvalue weighted by molar-refractivity contribution is 0.199. The predicted molar refractivity (Wildman–Crippen MR) is 116 cm³/mol. The van der Waals surface area contributed by atoms with Crippen LogP contribution in [0.4, 0.5) is 10.5 Å². The van der Waals surface area contributed by atoms with E-state index in [4.69, 9.17) is 4.74 Å². The van der Waals surface area contributed by atoms with Gasteiger partial charge in [0, 0.05) is 29.7 Å². The summed E-state index contributed by atoms with van der Waals surface area (Å²) >= 11 is 0. The lowest BCUT2D eigenvalue weighted by Gasteiger charge is -2.15. The molecule has 1 aromatic carbocycles. The first-order valence-corrected chi connectivity index (χ1v) is 10.4. The molecule has 2 aromatic heterocycles. The van der Waals surface area contributed by atoms with E-state index in [0.29, 0.717) is 18.1 Å². The maximum atomic E-state index is 12.5. The van der Waals surface area contributed by atoms with Gasteiger partial charge in [0.05, 0.1) is 11.4 Å². The quantitative estimate of drug-likeness (QED) is 0.631. The highest BCUT2D eigenvalue weighted by Gasteiger charge is 2.18. The first-order valence-electron chi connectivity index (χ1n) is 10.4. The summed E-state index contributed by atoms with van der Waals surface area (Å²) in [5, 5.41) is 10.3. The van der Waals surface area contributed by atoms with Crippen LogP contribution in [0.2, 0.25) is 0 Å². The van der Waals surface area contributed by atoms with Gasteiger partial charge in [0.1, 0.15) is 6.10 Å². The van der Waals surface area contributed by atoms with Gasteiger partial charge < -0.3 is 15.4 Å². The van der Waals surface area contributed by atoms with E-state index in [1.54, 1.807) is 6.20 Å².